The van der Waals surface area contributed by atoms with E-state index in [2.05, 4.69) is 10.6 Å². The summed E-state index contributed by atoms with van der Waals surface area (Å²) in [5.41, 5.74) is 2.03. The molecule has 8 heteroatoms. The van der Waals surface area contributed by atoms with Crippen molar-refractivity contribution in [3.63, 3.8) is 0 Å². The number of nitrogens with one attached hydrogen (secondary N) is 3. The largest absolute Gasteiger partial charge is 0.487 e. The van der Waals surface area contributed by atoms with Gasteiger partial charge in [0.25, 0.3) is 5.91 Å². The molecule has 1 fully saturated rings. The maximum atomic E-state index is 13.4. The van der Waals surface area contributed by atoms with Crippen LogP contribution in [0, 0.1) is 11.3 Å². The second kappa shape index (κ2) is 8.87. The lowest BCUT2D eigenvalue weighted by molar-refractivity contribution is -0.134. The number of ether oxygens (including phenoxy) is 1. The minimum atomic E-state index is -0.691. The van der Waals surface area contributed by atoms with Gasteiger partial charge in [-0.05, 0) is 56.0 Å². The van der Waals surface area contributed by atoms with E-state index in [0.29, 0.717) is 29.7 Å². The first-order valence-electron chi connectivity index (χ1n) is 13.0. The monoisotopic (exact) mass is 504 g/mol. The molecule has 2 aromatic carbocycles. The fourth-order valence-electron chi connectivity index (χ4n) is 5.74. The Morgan fingerprint density at radius 2 is 1.92 bits per heavy atom. The summed E-state index contributed by atoms with van der Waals surface area (Å²) in [7, 11) is 0. The van der Waals surface area contributed by atoms with Crippen LogP contribution in [0.3, 0.4) is 0 Å². The lowest BCUT2D eigenvalue weighted by Gasteiger charge is -2.48. The zero-order chi connectivity index (χ0) is 26.7. The van der Waals surface area contributed by atoms with Gasteiger partial charge in [0.05, 0.1) is 24.6 Å². The third-order valence-corrected chi connectivity index (χ3v) is 8.21. The van der Waals surface area contributed by atoms with Crippen molar-refractivity contribution >= 4 is 17.8 Å². The van der Waals surface area contributed by atoms with E-state index in [-0.39, 0.29) is 30.1 Å². The van der Waals surface area contributed by atoms with E-state index >= 15 is 0 Å². The van der Waals surface area contributed by atoms with Crippen LogP contribution in [-0.2, 0) is 11.2 Å². The Kier molecular flexibility index (Phi) is 6.06. The van der Waals surface area contributed by atoms with Crippen molar-refractivity contribution in [3.8, 4) is 5.75 Å². The smallest absolute Gasteiger partial charge is 0.251 e. The van der Waals surface area contributed by atoms with E-state index < -0.39 is 29.3 Å². The molecule has 0 saturated carbocycles. The van der Waals surface area contributed by atoms with Crippen molar-refractivity contribution in [1.82, 2.24) is 15.5 Å². The van der Waals surface area contributed by atoms with Gasteiger partial charge in [-0.3, -0.25) is 19.9 Å². The van der Waals surface area contributed by atoms with Gasteiger partial charge in [0, 0.05) is 29.5 Å². The minimum Gasteiger partial charge on any atom is -0.487 e. The summed E-state index contributed by atoms with van der Waals surface area (Å²) >= 11 is 0. The molecule has 0 aromatic heterocycles. The summed E-state index contributed by atoms with van der Waals surface area (Å²) in [6.07, 6.45) is 0.564. The molecule has 1 aliphatic carbocycles. The Morgan fingerprint density at radius 1 is 1.19 bits per heavy atom. The second-order valence-electron chi connectivity index (χ2n) is 11.7. The van der Waals surface area contributed by atoms with E-state index in [1.807, 2.05) is 58.9 Å². The molecule has 0 radical (unpaired) electrons. The molecule has 8 nitrogen and oxygen atoms in total. The van der Waals surface area contributed by atoms with Gasteiger partial charge in [0.15, 0.2) is 5.96 Å². The topological polar surface area (TPSA) is 115 Å². The summed E-state index contributed by atoms with van der Waals surface area (Å²) in [4.78, 5) is 28.3. The molecule has 2 heterocycles. The van der Waals surface area contributed by atoms with Gasteiger partial charge in [0.2, 0.25) is 5.91 Å². The van der Waals surface area contributed by atoms with Crippen molar-refractivity contribution in [2.24, 2.45) is 5.92 Å². The fourth-order valence-corrected chi connectivity index (χ4v) is 5.74. The van der Waals surface area contributed by atoms with Gasteiger partial charge in [-0.2, -0.15) is 0 Å². The molecular formula is C29H36N4O4. The van der Waals surface area contributed by atoms with Crippen molar-refractivity contribution in [2.45, 2.75) is 83.2 Å². The van der Waals surface area contributed by atoms with Crippen LogP contribution in [0.2, 0.25) is 0 Å². The Balaban J connectivity index is 1.45. The molecule has 4 atom stereocenters. The lowest BCUT2D eigenvalue weighted by Crippen LogP contribution is -2.64. The molecule has 4 N–H and O–H groups in total. The Hall–Kier alpha value is -3.39. The molecule has 5 rings (SSSR count). The predicted molar refractivity (Wildman–Crippen MR) is 140 cm³/mol. The molecule has 2 amide bonds. The van der Waals surface area contributed by atoms with Crippen LogP contribution in [-0.4, -0.2) is 45.0 Å². The second-order valence-corrected chi connectivity index (χ2v) is 11.7. The van der Waals surface area contributed by atoms with Gasteiger partial charge in [-0.25, -0.2) is 0 Å². The summed E-state index contributed by atoms with van der Waals surface area (Å²) < 4.78 is 6.22. The molecule has 0 bridgehead atoms. The number of nitrogens with zero attached hydrogens (tertiary/aromatic N) is 1. The summed E-state index contributed by atoms with van der Waals surface area (Å²) in [5, 5.41) is 25.6. The number of amides is 2. The van der Waals surface area contributed by atoms with Crippen molar-refractivity contribution in [2.75, 3.05) is 0 Å². The lowest BCUT2D eigenvalue weighted by atomic mass is 9.81. The van der Waals surface area contributed by atoms with Gasteiger partial charge in [-0.1, -0.05) is 38.1 Å². The number of benzene rings is 2. The van der Waals surface area contributed by atoms with Crippen LogP contribution < -0.4 is 15.4 Å². The zero-order valence-corrected chi connectivity index (χ0v) is 22.1. The van der Waals surface area contributed by atoms with Gasteiger partial charge >= 0.3 is 0 Å². The number of hydrogen-bond donors (Lipinski definition) is 4. The highest BCUT2D eigenvalue weighted by Crippen LogP contribution is 2.44. The Bertz CT molecular complexity index is 1250. The number of aliphatic hydroxyl groups excluding tert-OH is 1. The molecule has 0 spiro atoms. The van der Waals surface area contributed by atoms with E-state index in [1.165, 1.54) is 4.90 Å². The first kappa shape index (κ1) is 25.3. The average Bonchev–Trinajstić information content (AvgIpc) is 3.12. The van der Waals surface area contributed by atoms with Crippen LogP contribution in [0.5, 0.6) is 5.75 Å². The highest BCUT2D eigenvalue weighted by atomic mass is 16.5. The molecule has 2 aliphatic heterocycles. The van der Waals surface area contributed by atoms with Crippen LogP contribution in [0.15, 0.2) is 42.5 Å². The summed E-state index contributed by atoms with van der Waals surface area (Å²) in [6, 6.07) is 12.0. The Labute approximate surface area is 217 Å². The normalized spacial score (nSPS) is 28.3. The number of rotatable bonds is 4. The molecule has 2 unspecified atom stereocenters. The van der Waals surface area contributed by atoms with Crippen molar-refractivity contribution < 1.29 is 19.4 Å². The number of aliphatic hydroxyl groups is 1. The predicted octanol–water partition coefficient (Wildman–Crippen LogP) is 3.85. The van der Waals surface area contributed by atoms with Crippen LogP contribution >= 0.6 is 0 Å². The molecule has 1 saturated heterocycles. The molecule has 2 aromatic rings. The van der Waals surface area contributed by atoms with Crippen molar-refractivity contribution in [3.05, 3.63) is 64.7 Å². The quantitative estimate of drug-likeness (QED) is 0.505. The summed E-state index contributed by atoms with van der Waals surface area (Å²) in [6.45, 7) is 9.99. The first-order valence-corrected chi connectivity index (χ1v) is 13.0. The van der Waals surface area contributed by atoms with E-state index in [9.17, 15) is 14.7 Å². The van der Waals surface area contributed by atoms with E-state index in [1.54, 1.807) is 18.2 Å². The van der Waals surface area contributed by atoms with Crippen LogP contribution in [0.4, 0.5) is 0 Å². The average molecular weight is 505 g/mol. The van der Waals surface area contributed by atoms with Crippen LogP contribution in [0.25, 0.3) is 0 Å². The summed E-state index contributed by atoms with van der Waals surface area (Å²) in [5.74, 6) is 0.416. The maximum Gasteiger partial charge on any atom is 0.251 e. The zero-order valence-electron chi connectivity index (χ0n) is 22.1. The highest BCUT2D eigenvalue weighted by molar-refractivity contribution is 6.00. The standard InChI is InChI=1S/C29H36N4O4/c1-16(2)29(5)15-24(35)33(27(30)32-29)21-14-28(3,4)37-23-11-10-18(12-20(21)23)26(36)31-25-19-9-7-6-8-17(19)13-22(25)34/h6-12,16,21-22,25,34H,13-15H2,1-5H3,(H2,30,32)(H,31,36)/t21?,22-,25-,29?/m1/s1. The molecule has 3 aliphatic rings. The minimum absolute atomic E-state index is 0.0710. The fraction of sp³-hybridized carbons (Fsp3) is 0.483. The third kappa shape index (κ3) is 4.48. The Morgan fingerprint density at radius 3 is 2.62 bits per heavy atom. The number of carbonyl (C=O) groups excluding carboxylic acids is 2. The highest BCUT2D eigenvalue weighted by Gasteiger charge is 2.46. The SMILES string of the molecule is CC(C)C1(C)CC(=O)N(C2CC(C)(C)Oc3ccc(C(=O)N[C@@H]4c5ccccc5C[C@H]4O)cc32)C(=N)N1. The third-order valence-electron chi connectivity index (χ3n) is 8.21. The van der Waals surface area contributed by atoms with Gasteiger partial charge in [0.1, 0.15) is 11.4 Å². The number of guanidine groups is 1. The number of carbonyl (C=O) groups is 2. The molecule has 196 valence electrons. The maximum absolute atomic E-state index is 13.4. The molecule has 37 heavy (non-hydrogen) atoms. The van der Waals surface area contributed by atoms with Crippen molar-refractivity contribution in [1.29, 1.82) is 5.41 Å². The number of hydrogen-bond acceptors (Lipinski definition) is 5. The first-order chi connectivity index (χ1) is 17.4. The molecular weight excluding hydrogens is 468 g/mol. The van der Waals surface area contributed by atoms with E-state index in [4.69, 9.17) is 10.1 Å². The van der Waals surface area contributed by atoms with Gasteiger partial charge < -0.3 is 20.5 Å². The van der Waals surface area contributed by atoms with Crippen LogP contribution in [0.1, 0.15) is 86.6 Å². The van der Waals surface area contributed by atoms with E-state index in [0.717, 1.165) is 11.1 Å². The van der Waals surface area contributed by atoms with Gasteiger partial charge in [-0.15, -0.1) is 0 Å². The number of fused-ring (bicyclic) bond motifs is 2.